The van der Waals surface area contributed by atoms with Crippen molar-refractivity contribution in [1.82, 2.24) is 9.97 Å². The number of nitrogen functional groups attached to an aromatic ring is 1. The lowest BCUT2D eigenvalue weighted by Crippen LogP contribution is -1.97. The van der Waals surface area contributed by atoms with Gasteiger partial charge in [0.2, 0.25) is 11.8 Å². The highest BCUT2D eigenvalue weighted by atomic mass is 32.1. The summed E-state index contributed by atoms with van der Waals surface area (Å²) in [5.74, 6) is 2.17. The lowest BCUT2D eigenvalue weighted by Gasteiger charge is -2.07. The van der Waals surface area contributed by atoms with Crippen molar-refractivity contribution < 1.29 is 9.47 Å². The minimum Gasteiger partial charge on any atom is -0.494 e. The van der Waals surface area contributed by atoms with Crippen molar-refractivity contribution in [2.75, 3.05) is 12.3 Å². The Morgan fingerprint density at radius 3 is 2.60 bits per heavy atom. The molecule has 20 heavy (non-hydrogen) atoms. The van der Waals surface area contributed by atoms with Crippen molar-refractivity contribution in [2.45, 2.75) is 6.92 Å². The molecule has 0 bridgehead atoms. The molecule has 3 aromatic rings. The van der Waals surface area contributed by atoms with Gasteiger partial charge in [0.15, 0.2) is 0 Å². The number of nitrogens with zero attached hydrogens (tertiary/aromatic N) is 2. The Morgan fingerprint density at radius 2 is 1.85 bits per heavy atom. The standard InChI is InChI=1S/C14H13N3O2S/c1-2-18-9-3-5-10(6-4-9)19-12-11-7-8-20-13(11)17-14(15)16-12/h3-8H,2H2,1H3,(H2,15,16,17). The smallest absolute Gasteiger partial charge is 0.232 e. The average Bonchev–Trinajstić information content (AvgIpc) is 2.89. The Kier molecular flexibility index (Phi) is 3.39. The van der Waals surface area contributed by atoms with Gasteiger partial charge in [-0.15, -0.1) is 11.3 Å². The molecule has 0 aliphatic heterocycles. The van der Waals surface area contributed by atoms with Crippen LogP contribution in [0.15, 0.2) is 35.7 Å². The lowest BCUT2D eigenvalue weighted by molar-refractivity contribution is 0.339. The number of fused-ring (bicyclic) bond motifs is 1. The predicted octanol–water partition coefficient (Wildman–Crippen LogP) is 3.46. The molecule has 102 valence electrons. The fourth-order valence-electron chi connectivity index (χ4n) is 1.80. The molecular weight excluding hydrogens is 274 g/mol. The zero-order chi connectivity index (χ0) is 13.9. The van der Waals surface area contributed by atoms with E-state index in [4.69, 9.17) is 15.2 Å². The number of ether oxygens (including phenoxy) is 2. The van der Waals surface area contributed by atoms with Gasteiger partial charge in [0.05, 0.1) is 12.0 Å². The summed E-state index contributed by atoms with van der Waals surface area (Å²) in [6, 6.07) is 9.30. The summed E-state index contributed by atoms with van der Waals surface area (Å²) in [5.41, 5.74) is 5.69. The van der Waals surface area contributed by atoms with E-state index in [2.05, 4.69) is 9.97 Å². The third-order valence-electron chi connectivity index (χ3n) is 2.66. The summed E-state index contributed by atoms with van der Waals surface area (Å²) in [6.07, 6.45) is 0. The number of anilines is 1. The summed E-state index contributed by atoms with van der Waals surface area (Å²) < 4.78 is 11.2. The summed E-state index contributed by atoms with van der Waals surface area (Å²) >= 11 is 1.50. The molecule has 5 nitrogen and oxygen atoms in total. The lowest BCUT2D eigenvalue weighted by atomic mass is 10.3. The van der Waals surface area contributed by atoms with Crippen molar-refractivity contribution in [3.8, 4) is 17.4 Å². The van der Waals surface area contributed by atoms with Crippen LogP contribution >= 0.6 is 11.3 Å². The SMILES string of the molecule is CCOc1ccc(Oc2nc(N)nc3sccc23)cc1. The molecule has 0 spiro atoms. The normalized spacial score (nSPS) is 10.7. The number of hydrogen-bond acceptors (Lipinski definition) is 6. The van der Waals surface area contributed by atoms with Crippen LogP contribution in [0.25, 0.3) is 10.2 Å². The topological polar surface area (TPSA) is 70.3 Å². The van der Waals surface area contributed by atoms with Crippen LogP contribution in [0.4, 0.5) is 5.95 Å². The third-order valence-corrected chi connectivity index (χ3v) is 3.46. The van der Waals surface area contributed by atoms with Crippen LogP contribution in [0, 0.1) is 0 Å². The minimum atomic E-state index is 0.209. The van der Waals surface area contributed by atoms with E-state index >= 15 is 0 Å². The predicted molar refractivity (Wildman–Crippen MR) is 79.5 cm³/mol. The highest BCUT2D eigenvalue weighted by molar-refractivity contribution is 7.16. The molecule has 2 N–H and O–H groups in total. The number of benzene rings is 1. The molecule has 2 heterocycles. The van der Waals surface area contributed by atoms with Gasteiger partial charge < -0.3 is 15.2 Å². The van der Waals surface area contributed by atoms with Gasteiger partial charge in [-0.2, -0.15) is 4.98 Å². The van der Waals surface area contributed by atoms with Crippen molar-refractivity contribution >= 4 is 27.5 Å². The molecule has 0 saturated heterocycles. The van der Waals surface area contributed by atoms with E-state index in [0.29, 0.717) is 18.2 Å². The van der Waals surface area contributed by atoms with E-state index in [0.717, 1.165) is 16.0 Å². The second-order valence-corrected chi connectivity index (χ2v) is 4.93. The van der Waals surface area contributed by atoms with E-state index in [9.17, 15) is 0 Å². The van der Waals surface area contributed by atoms with Gasteiger partial charge in [-0.05, 0) is 42.6 Å². The number of hydrogen-bond donors (Lipinski definition) is 1. The fourth-order valence-corrected chi connectivity index (χ4v) is 2.57. The van der Waals surface area contributed by atoms with Gasteiger partial charge in [-0.25, -0.2) is 4.98 Å². The molecule has 0 radical (unpaired) electrons. The van der Waals surface area contributed by atoms with E-state index in [1.54, 1.807) is 0 Å². The average molecular weight is 287 g/mol. The van der Waals surface area contributed by atoms with Gasteiger partial charge in [0.1, 0.15) is 16.3 Å². The molecule has 1 aromatic carbocycles. The Bertz CT molecular complexity index is 725. The summed E-state index contributed by atoms with van der Waals surface area (Å²) in [7, 11) is 0. The Labute approximate surface area is 120 Å². The maximum Gasteiger partial charge on any atom is 0.232 e. The van der Waals surface area contributed by atoms with Crippen molar-refractivity contribution in [2.24, 2.45) is 0 Å². The molecule has 0 aliphatic rings. The summed E-state index contributed by atoms with van der Waals surface area (Å²) in [6.45, 7) is 2.58. The highest BCUT2D eigenvalue weighted by Crippen LogP contribution is 2.31. The van der Waals surface area contributed by atoms with Crippen molar-refractivity contribution in [1.29, 1.82) is 0 Å². The summed E-state index contributed by atoms with van der Waals surface area (Å²) in [5, 5.41) is 2.79. The van der Waals surface area contributed by atoms with Crippen molar-refractivity contribution in [3.05, 3.63) is 35.7 Å². The second kappa shape index (κ2) is 5.34. The zero-order valence-electron chi connectivity index (χ0n) is 10.9. The van der Waals surface area contributed by atoms with Gasteiger partial charge in [-0.1, -0.05) is 0 Å². The first-order valence-corrected chi connectivity index (χ1v) is 7.05. The molecule has 0 unspecified atom stereocenters. The van der Waals surface area contributed by atoms with Gasteiger partial charge in [-0.3, -0.25) is 0 Å². The molecule has 0 aliphatic carbocycles. The monoisotopic (exact) mass is 287 g/mol. The zero-order valence-corrected chi connectivity index (χ0v) is 11.7. The number of rotatable bonds is 4. The molecule has 0 amide bonds. The molecular formula is C14H13N3O2S. The number of aromatic nitrogens is 2. The highest BCUT2D eigenvalue weighted by Gasteiger charge is 2.09. The third kappa shape index (κ3) is 2.50. The molecule has 0 saturated carbocycles. The van der Waals surface area contributed by atoms with Crippen LogP contribution < -0.4 is 15.2 Å². The first-order valence-electron chi connectivity index (χ1n) is 6.17. The molecule has 0 fully saturated rings. The molecule has 0 atom stereocenters. The fraction of sp³-hybridized carbons (Fsp3) is 0.143. The van der Waals surface area contributed by atoms with Crippen LogP contribution in [0.1, 0.15) is 6.92 Å². The van der Waals surface area contributed by atoms with Gasteiger partial charge in [0.25, 0.3) is 0 Å². The largest absolute Gasteiger partial charge is 0.494 e. The van der Waals surface area contributed by atoms with Crippen LogP contribution in [0.2, 0.25) is 0 Å². The molecule has 6 heteroatoms. The summed E-state index contributed by atoms with van der Waals surface area (Å²) in [4.78, 5) is 9.13. The Morgan fingerprint density at radius 1 is 1.10 bits per heavy atom. The van der Waals surface area contributed by atoms with E-state index in [1.165, 1.54) is 11.3 Å². The first-order chi connectivity index (χ1) is 9.76. The Hall–Kier alpha value is -2.34. The van der Waals surface area contributed by atoms with E-state index < -0.39 is 0 Å². The maximum absolute atomic E-state index is 5.78. The minimum absolute atomic E-state index is 0.209. The van der Waals surface area contributed by atoms with Crippen molar-refractivity contribution in [3.63, 3.8) is 0 Å². The van der Waals surface area contributed by atoms with Crippen LogP contribution in [-0.4, -0.2) is 16.6 Å². The van der Waals surface area contributed by atoms with Gasteiger partial charge in [0, 0.05) is 0 Å². The number of thiophene rings is 1. The van der Waals surface area contributed by atoms with E-state index in [1.807, 2.05) is 42.6 Å². The van der Waals surface area contributed by atoms with Crippen LogP contribution in [-0.2, 0) is 0 Å². The molecule has 3 rings (SSSR count). The number of nitrogens with two attached hydrogens (primary N) is 1. The Balaban J connectivity index is 1.90. The quantitative estimate of drug-likeness (QED) is 0.795. The van der Waals surface area contributed by atoms with Crippen LogP contribution in [0.5, 0.6) is 17.4 Å². The van der Waals surface area contributed by atoms with Gasteiger partial charge >= 0.3 is 0 Å². The maximum atomic E-state index is 5.78. The van der Waals surface area contributed by atoms with E-state index in [-0.39, 0.29) is 5.95 Å². The van der Waals surface area contributed by atoms with Crippen LogP contribution in [0.3, 0.4) is 0 Å². The first kappa shape index (κ1) is 12.7. The second-order valence-electron chi connectivity index (χ2n) is 4.03. The molecule has 2 aromatic heterocycles.